The van der Waals surface area contributed by atoms with Crippen molar-refractivity contribution in [3.63, 3.8) is 0 Å². The normalized spacial score (nSPS) is 21.4. The van der Waals surface area contributed by atoms with Crippen LogP contribution in [-0.2, 0) is 0 Å². The Labute approximate surface area is 98.1 Å². The molecule has 1 aromatic rings. The van der Waals surface area contributed by atoms with Crippen molar-refractivity contribution in [3.05, 3.63) is 41.7 Å². The first-order valence-electron chi connectivity index (χ1n) is 5.48. The van der Waals surface area contributed by atoms with E-state index in [0.717, 1.165) is 5.56 Å². The van der Waals surface area contributed by atoms with Crippen molar-refractivity contribution >= 4 is 6.08 Å². The summed E-state index contributed by atoms with van der Waals surface area (Å²) in [5, 5.41) is 0. The van der Waals surface area contributed by atoms with Crippen LogP contribution in [0.3, 0.4) is 0 Å². The van der Waals surface area contributed by atoms with Gasteiger partial charge in [-0.05, 0) is 17.7 Å². The van der Waals surface area contributed by atoms with Gasteiger partial charge in [-0.2, -0.15) is 0 Å². The predicted molar refractivity (Wildman–Crippen MR) is 61.1 cm³/mol. The Morgan fingerprint density at radius 1 is 1.18 bits per heavy atom. The van der Waals surface area contributed by atoms with Gasteiger partial charge in [0.2, 0.25) is 5.92 Å². The zero-order chi connectivity index (χ0) is 12.5. The van der Waals surface area contributed by atoms with E-state index in [2.05, 4.69) is 0 Å². The second kappa shape index (κ2) is 4.18. The second-order valence-corrected chi connectivity index (χ2v) is 4.66. The Bertz CT molecular complexity index is 415. The molecule has 17 heavy (non-hydrogen) atoms. The summed E-state index contributed by atoms with van der Waals surface area (Å²) in [6.45, 7) is 0.209. The van der Waals surface area contributed by atoms with Crippen LogP contribution in [0.25, 0.3) is 6.08 Å². The molecule has 0 spiro atoms. The summed E-state index contributed by atoms with van der Waals surface area (Å²) >= 11 is 0. The molecule has 1 nitrogen and oxygen atoms in total. The lowest BCUT2D eigenvalue weighted by molar-refractivity contribution is -0.137. The van der Waals surface area contributed by atoms with Crippen molar-refractivity contribution in [1.29, 1.82) is 0 Å². The van der Waals surface area contributed by atoms with E-state index < -0.39 is 11.3 Å². The monoisotopic (exact) mass is 241 g/mol. The van der Waals surface area contributed by atoms with E-state index in [0.29, 0.717) is 0 Å². The summed E-state index contributed by atoms with van der Waals surface area (Å²) in [6, 6.07) is 5.88. The Morgan fingerprint density at radius 2 is 1.76 bits per heavy atom. The van der Waals surface area contributed by atoms with Gasteiger partial charge < -0.3 is 5.73 Å². The molecule has 92 valence electrons. The van der Waals surface area contributed by atoms with E-state index in [1.54, 1.807) is 24.3 Å². The van der Waals surface area contributed by atoms with Crippen molar-refractivity contribution in [2.75, 3.05) is 6.54 Å². The number of halogens is 3. The standard InChI is InChI=1S/C13H14F3N/c14-11-3-1-10(2-4-11)5-6-12(9-17)7-13(15,16)8-12/h1-6H,7-9,17H2/b6-5+. The Morgan fingerprint density at radius 3 is 2.24 bits per heavy atom. The lowest BCUT2D eigenvalue weighted by Gasteiger charge is -2.44. The van der Waals surface area contributed by atoms with Gasteiger partial charge in [-0.1, -0.05) is 24.3 Å². The first-order chi connectivity index (χ1) is 7.95. The lowest BCUT2D eigenvalue weighted by atomic mass is 9.66. The first-order valence-corrected chi connectivity index (χ1v) is 5.48. The van der Waals surface area contributed by atoms with E-state index in [4.69, 9.17) is 5.73 Å². The average Bonchev–Trinajstić information content (AvgIpc) is 2.25. The highest BCUT2D eigenvalue weighted by Gasteiger charge is 2.54. The highest BCUT2D eigenvalue weighted by Crippen LogP contribution is 2.52. The molecule has 2 N–H and O–H groups in total. The average molecular weight is 241 g/mol. The van der Waals surface area contributed by atoms with Crippen LogP contribution in [0.4, 0.5) is 13.2 Å². The maximum absolute atomic E-state index is 12.9. The molecule has 0 unspecified atom stereocenters. The molecule has 2 rings (SSSR count). The Kier molecular flexibility index (Phi) is 3.00. The van der Waals surface area contributed by atoms with Gasteiger partial charge in [-0.25, -0.2) is 13.2 Å². The number of benzene rings is 1. The van der Waals surface area contributed by atoms with E-state index in [1.165, 1.54) is 12.1 Å². The van der Waals surface area contributed by atoms with Crippen molar-refractivity contribution in [2.45, 2.75) is 18.8 Å². The quantitative estimate of drug-likeness (QED) is 0.864. The fraction of sp³-hybridized carbons (Fsp3) is 0.385. The van der Waals surface area contributed by atoms with E-state index in [9.17, 15) is 13.2 Å². The van der Waals surface area contributed by atoms with Crippen LogP contribution < -0.4 is 5.73 Å². The van der Waals surface area contributed by atoms with Crippen LogP contribution in [0.15, 0.2) is 30.3 Å². The summed E-state index contributed by atoms with van der Waals surface area (Å²) in [4.78, 5) is 0. The molecule has 1 aromatic carbocycles. The van der Waals surface area contributed by atoms with Gasteiger partial charge in [0, 0.05) is 24.8 Å². The van der Waals surface area contributed by atoms with E-state index >= 15 is 0 Å². The summed E-state index contributed by atoms with van der Waals surface area (Å²) in [5.74, 6) is -2.90. The zero-order valence-electron chi connectivity index (χ0n) is 9.30. The van der Waals surface area contributed by atoms with Crippen LogP contribution in [0, 0.1) is 11.2 Å². The maximum Gasteiger partial charge on any atom is 0.249 e. The Hall–Kier alpha value is -1.29. The van der Waals surface area contributed by atoms with Gasteiger partial charge in [0.1, 0.15) is 5.82 Å². The largest absolute Gasteiger partial charge is 0.330 e. The van der Waals surface area contributed by atoms with Gasteiger partial charge in [-0.15, -0.1) is 0 Å². The predicted octanol–water partition coefficient (Wildman–Crippen LogP) is 3.21. The molecule has 0 radical (unpaired) electrons. The van der Waals surface area contributed by atoms with E-state index in [-0.39, 0.29) is 25.2 Å². The molecule has 0 bridgehead atoms. The van der Waals surface area contributed by atoms with Gasteiger partial charge >= 0.3 is 0 Å². The topological polar surface area (TPSA) is 26.0 Å². The van der Waals surface area contributed by atoms with E-state index in [1.807, 2.05) is 0 Å². The third-order valence-corrected chi connectivity index (χ3v) is 3.13. The van der Waals surface area contributed by atoms with Crippen molar-refractivity contribution < 1.29 is 13.2 Å². The molecular weight excluding hydrogens is 227 g/mol. The molecule has 1 aliphatic carbocycles. The summed E-state index contributed by atoms with van der Waals surface area (Å²) in [5.41, 5.74) is 5.72. The number of hydrogen-bond donors (Lipinski definition) is 1. The summed E-state index contributed by atoms with van der Waals surface area (Å²) in [7, 11) is 0. The highest BCUT2D eigenvalue weighted by molar-refractivity contribution is 5.50. The number of hydrogen-bond acceptors (Lipinski definition) is 1. The highest BCUT2D eigenvalue weighted by atomic mass is 19.3. The molecule has 0 amide bonds. The van der Waals surface area contributed by atoms with Crippen molar-refractivity contribution in [3.8, 4) is 0 Å². The van der Waals surface area contributed by atoms with Crippen LogP contribution >= 0.6 is 0 Å². The molecule has 0 saturated heterocycles. The fourth-order valence-electron chi connectivity index (χ4n) is 2.16. The molecule has 0 heterocycles. The van der Waals surface area contributed by atoms with Gasteiger partial charge in [-0.3, -0.25) is 0 Å². The fourth-order valence-corrected chi connectivity index (χ4v) is 2.16. The van der Waals surface area contributed by atoms with Gasteiger partial charge in [0.25, 0.3) is 0 Å². The number of alkyl halides is 2. The third-order valence-electron chi connectivity index (χ3n) is 3.13. The van der Waals surface area contributed by atoms with Crippen LogP contribution in [0.2, 0.25) is 0 Å². The summed E-state index contributed by atoms with van der Waals surface area (Å²) < 4.78 is 38.4. The third kappa shape index (κ3) is 2.69. The molecule has 1 saturated carbocycles. The number of rotatable bonds is 3. The minimum absolute atomic E-state index is 0.200. The second-order valence-electron chi connectivity index (χ2n) is 4.66. The summed E-state index contributed by atoms with van der Waals surface area (Å²) in [6.07, 6.45) is 3.04. The molecular formula is C13H14F3N. The smallest absolute Gasteiger partial charge is 0.249 e. The SMILES string of the molecule is NCC1(/C=C/c2ccc(F)cc2)CC(F)(F)C1. The minimum atomic E-state index is -2.59. The van der Waals surface area contributed by atoms with Gasteiger partial charge in [0.05, 0.1) is 0 Å². The van der Waals surface area contributed by atoms with Crippen molar-refractivity contribution in [2.24, 2.45) is 11.1 Å². The molecule has 0 aromatic heterocycles. The van der Waals surface area contributed by atoms with Crippen LogP contribution in [0.5, 0.6) is 0 Å². The van der Waals surface area contributed by atoms with Gasteiger partial charge in [0.15, 0.2) is 0 Å². The lowest BCUT2D eigenvalue weighted by Crippen LogP contribution is -2.49. The number of nitrogens with two attached hydrogens (primary N) is 1. The van der Waals surface area contributed by atoms with Crippen LogP contribution in [-0.4, -0.2) is 12.5 Å². The molecule has 0 aliphatic heterocycles. The van der Waals surface area contributed by atoms with Crippen LogP contribution in [0.1, 0.15) is 18.4 Å². The zero-order valence-corrected chi connectivity index (χ0v) is 9.30. The first kappa shape index (κ1) is 12.2. The molecule has 0 atom stereocenters. The Balaban J connectivity index is 2.07. The minimum Gasteiger partial charge on any atom is -0.330 e. The van der Waals surface area contributed by atoms with Crippen molar-refractivity contribution in [1.82, 2.24) is 0 Å². The maximum atomic E-state index is 12.9. The molecule has 1 aliphatic rings. The molecule has 4 heteroatoms. The molecule has 1 fully saturated rings.